The summed E-state index contributed by atoms with van der Waals surface area (Å²) in [6.07, 6.45) is 0. The second-order valence-corrected chi connectivity index (χ2v) is 5.29. The van der Waals surface area contributed by atoms with Gasteiger partial charge < -0.3 is 5.11 Å². The lowest BCUT2D eigenvalue weighted by Gasteiger charge is -2.10. The Morgan fingerprint density at radius 2 is 1.77 bits per heavy atom. The van der Waals surface area contributed by atoms with Gasteiger partial charge in [-0.05, 0) is 32.0 Å². The number of hydrogen-bond acceptors (Lipinski definition) is 2. The molecule has 3 aromatic rings. The van der Waals surface area contributed by atoms with Gasteiger partial charge in [0.15, 0.2) is 0 Å². The molecule has 0 unspecified atom stereocenters. The summed E-state index contributed by atoms with van der Waals surface area (Å²) >= 11 is 0. The van der Waals surface area contributed by atoms with E-state index in [1.54, 1.807) is 6.92 Å². The summed E-state index contributed by atoms with van der Waals surface area (Å²) < 4.78 is 13.8. The molecule has 0 atom stereocenters. The van der Waals surface area contributed by atoms with Crippen LogP contribution in [0.1, 0.15) is 21.5 Å². The summed E-state index contributed by atoms with van der Waals surface area (Å²) in [5.41, 5.74) is 3.30. The topological polar surface area (TPSA) is 50.2 Å². The lowest BCUT2D eigenvalue weighted by molar-refractivity contribution is 0.0699. The van der Waals surface area contributed by atoms with Crippen molar-refractivity contribution in [2.24, 2.45) is 0 Å². The predicted octanol–water partition coefficient (Wildman–Crippen LogP) is 4.36. The van der Waals surface area contributed by atoms with E-state index in [1.165, 1.54) is 18.2 Å². The molecule has 0 amide bonds. The maximum atomic E-state index is 13.8. The highest BCUT2D eigenvalue weighted by Crippen LogP contribution is 2.28. The maximum absolute atomic E-state index is 13.8. The van der Waals surface area contributed by atoms with Crippen molar-refractivity contribution in [1.29, 1.82) is 0 Å². The molecule has 0 saturated carbocycles. The number of aryl methyl sites for hydroxylation is 2. The molecule has 0 bridgehead atoms. The third-order valence-corrected chi connectivity index (χ3v) is 3.75. The predicted molar refractivity (Wildman–Crippen MR) is 83.6 cm³/mol. The van der Waals surface area contributed by atoms with Gasteiger partial charge in [-0.2, -0.15) is 0 Å². The molecule has 22 heavy (non-hydrogen) atoms. The molecule has 0 radical (unpaired) electrons. The van der Waals surface area contributed by atoms with Crippen molar-refractivity contribution in [3.05, 3.63) is 65.0 Å². The van der Waals surface area contributed by atoms with E-state index in [0.29, 0.717) is 22.2 Å². The summed E-state index contributed by atoms with van der Waals surface area (Å²) in [5.74, 6) is -1.44. The highest BCUT2D eigenvalue weighted by molar-refractivity contribution is 6.04. The number of pyridine rings is 1. The zero-order valence-electron chi connectivity index (χ0n) is 12.2. The molecular weight excluding hydrogens is 281 g/mol. The number of benzene rings is 2. The zero-order chi connectivity index (χ0) is 15.9. The van der Waals surface area contributed by atoms with E-state index in [1.807, 2.05) is 31.2 Å². The van der Waals surface area contributed by atoms with E-state index < -0.39 is 11.8 Å². The van der Waals surface area contributed by atoms with Crippen LogP contribution in [0.3, 0.4) is 0 Å². The number of carboxylic acid groups (broad SMARTS) is 1. The minimum absolute atomic E-state index is 0.128. The lowest BCUT2D eigenvalue weighted by Crippen LogP contribution is -2.02. The third-order valence-electron chi connectivity index (χ3n) is 3.75. The highest BCUT2D eigenvalue weighted by Gasteiger charge is 2.15. The van der Waals surface area contributed by atoms with Crippen LogP contribution in [0.5, 0.6) is 0 Å². The molecular formula is C18H14FNO2. The average Bonchev–Trinajstić information content (AvgIpc) is 2.51. The van der Waals surface area contributed by atoms with Crippen LogP contribution in [-0.4, -0.2) is 16.1 Å². The molecule has 1 N–H and O–H groups in total. The standard InChI is InChI=1S/C18H14FNO2/c1-10-3-5-12(6-4-10)16-9-14(18(21)22)13-7-8-15(19)11(2)17(13)20-16/h3-9H,1-2H3,(H,21,22). The molecule has 4 heteroatoms. The van der Waals surface area contributed by atoms with E-state index >= 15 is 0 Å². The van der Waals surface area contributed by atoms with Crippen LogP contribution in [0.25, 0.3) is 22.2 Å². The van der Waals surface area contributed by atoms with Crippen molar-refractivity contribution in [3.63, 3.8) is 0 Å². The van der Waals surface area contributed by atoms with Crippen molar-refractivity contribution in [2.45, 2.75) is 13.8 Å². The van der Waals surface area contributed by atoms with E-state index in [-0.39, 0.29) is 5.56 Å². The Hall–Kier alpha value is -2.75. The number of rotatable bonds is 2. The number of carboxylic acids is 1. The Labute approximate surface area is 127 Å². The van der Waals surface area contributed by atoms with E-state index in [0.717, 1.165) is 11.1 Å². The monoisotopic (exact) mass is 295 g/mol. The van der Waals surface area contributed by atoms with E-state index in [2.05, 4.69) is 4.98 Å². The first-order valence-corrected chi connectivity index (χ1v) is 6.87. The van der Waals surface area contributed by atoms with Gasteiger partial charge in [0.2, 0.25) is 0 Å². The Morgan fingerprint density at radius 3 is 2.41 bits per heavy atom. The van der Waals surface area contributed by atoms with Gasteiger partial charge >= 0.3 is 5.97 Å². The first-order chi connectivity index (χ1) is 10.5. The second kappa shape index (κ2) is 5.22. The van der Waals surface area contributed by atoms with Gasteiger partial charge in [0.1, 0.15) is 5.82 Å². The van der Waals surface area contributed by atoms with Gasteiger partial charge in [-0.15, -0.1) is 0 Å². The molecule has 110 valence electrons. The zero-order valence-corrected chi connectivity index (χ0v) is 12.2. The highest BCUT2D eigenvalue weighted by atomic mass is 19.1. The molecule has 0 aliphatic heterocycles. The first kappa shape index (κ1) is 14.2. The molecule has 3 nitrogen and oxygen atoms in total. The van der Waals surface area contributed by atoms with Gasteiger partial charge in [0, 0.05) is 16.5 Å². The molecule has 2 aromatic carbocycles. The number of carbonyl (C=O) groups is 1. The number of aromatic carboxylic acids is 1. The van der Waals surface area contributed by atoms with Gasteiger partial charge in [-0.3, -0.25) is 0 Å². The molecule has 3 rings (SSSR count). The Kier molecular flexibility index (Phi) is 3.37. The Balaban J connectivity index is 2.35. The molecule has 0 aliphatic carbocycles. The molecule has 1 heterocycles. The van der Waals surface area contributed by atoms with Gasteiger partial charge in [-0.1, -0.05) is 29.8 Å². The largest absolute Gasteiger partial charge is 0.478 e. The van der Waals surface area contributed by atoms with Crippen molar-refractivity contribution in [1.82, 2.24) is 4.98 Å². The fraction of sp³-hybridized carbons (Fsp3) is 0.111. The fourth-order valence-corrected chi connectivity index (χ4v) is 2.45. The van der Waals surface area contributed by atoms with Crippen molar-refractivity contribution in [3.8, 4) is 11.3 Å². The Morgan fingerprint density at radius 1 is 1.09 bits per heavy atom. The SMILES string of the molecule is Cc1ccc(-c2cc(C(=O)O)c3ccc(F)c(C)c3n2)cc1. The number of nitrogens with zero attached hydrogens (tertiary/aromatic N) is 1. The number of halogens is 1. The van der Waals surface area contributed by atoms with Crippen LogP contribution in [0.2, 0.25) is 0 Å². The normalized spacial score (nSPS) is 10.9. The van der Waals surface area contributed by atoms with Gasteiger partial charge in [0.25, 0.3) is 0 Å². The average molecular weight is 295 g/mol. The molecule has 0 spiro atoms. The molecule has 1 aromatic heterocycles. The molecule has 0 aliphatic rings. The fourth-order valence-electron chi connectivity index (χ4n) is 2.45. The quantitative estimate of drug-likeness (QED) is 0.764. The third kappa shape index (κ3) is 2.33. The smallest absolute Gasteiger partial charge is 0.336 e. The summed E-state index contributed by atoms with van der Waals surface area (Å²) in [6, 6.07) is 11.9. The van der Waals surface area contributed by atoms with Crippen LogP contribution >= 0.6 is 0 Å². The summed E-state index contributed by atoms with van der Waals surface area (Å²) in [4.78, 5) is 16.0. The minimum atomic E-state index is -1.05. The number of aromatic nitrogens is 1. The van der Waals surface area contributed by atoms with Crippen molar-refractivity contribution >= 4 is 16.9 Å². The summed E-state index contributed by atoms with van der Waals surface area (Å²) in [5, 5.41) is 9.88. The van der Waals surface area contributed by atoms with Gasteiger partial charge in [0.05, 0.1) is 16.8 Å². The minimum Gasteiger partial charge on any atom is -0.478 e. The van der Waals surface area contributed by atoms with Crippen LogP contribution in [0.4, 0.5) is 4.39 Å². The van der Waals surface area contributed by atoms with Gasteiger partial charge in [-0.25, -0.2) is 14.2 Å². The van der Waals surface area contributed by atoms with Crippen molar-refractivity contribution in [2.75, 3.05) is 0 Å². The summed E-state index contributed by atoms with van der Waals surface area (Å²) in [6.45, 7) is 3.58. The van der Waals surface area contributed by atoms with E-state index in [4.69, 9.17) is 0 Å². The van der Waals surface area contributed by atoms with Crippen LogP contribution < -0.4 is 0 Å². The maximum Gasteiger partial charge on any atom is 0.336 e. The summed E-state index contributed by atoms with van der Waals surface area (Å²) in [7, 11) is 0. The molecule has 0 saturated heterocycles. The lowest BCUT2D eigenvalue weighted by atomic mass is 10.0. The van der Waals surface area contributed by atoms with E-state index in [9.17, 15) is 14.3 Å². The van der Waals surface area contributed by atoms with Crippen LogP contribution in [-0.2, 0) is 0 Å². The molecule has 0 fully saturated rings. The Bertz CT molecular complexity index is 886. The number of hydrogen-bond donors (Lipinski definition) is 1. The van der Waals surface area contributed by atoms with Crippen LogP contribution in [0.15, 0.2) is 42.5 Å². The first-order valence-electron chi connectivity index (χ1n) is 6.87. The number of fused-ring (bicyclic) bond motifs is 1. The second-order valence-electron chi connectivity index (χ2n) is 5.29. The van der Waals surface area contributed by atoms with Crippen LogP contribution in [0, 0.1) is 19.7 Å². The van der Waals surface area contributed by atoms with Crippen molar-refractivity contribution < 1.29 is 14.3 Å².